The van der Waals surface area contributed by atoms with Crippen molar-refractivity contribution in [2.75, 3.05) is 25.5 Å². The normalized spacial score (nSPS) is 23.1. The van der Waals surface area contributed by atoms with Gasteiger partial charge in [0.25, 0.3) is 0 Å². The fourth-order valence-corrected chi connectivity index (χ4v) is 3.98. The molecule has 3 heterocycles. The Balaban J connectivity index is 1.31. The lowest BCUT2D eigenvalue weighted by Gasteiger charge is -2.37. The van der Waals surface area contributed by atoms with Crippen molar-refractivity contribution in [1.82, 2.24) is 19.8 Å². The molecule has 1 amide bonds. The molecule has 6 nitrogen and oxygen atoms in total. The highest BCUT2D eigenvalue weighted by molar-refractivity contribution is 5.79. The average Bonchev–Trinajstić information content (AvgIpc) is 2.96. The summed E-state index contributed by atoms with van der Waals surface area (Å²) in [6, 6.07) is 10.6. The summed E-state index contributed by atoms with van der Waals surface area (Å²) in [4.78, 5) is 25.1. The number of amides is 1. The first-order valence-electron chi connectivity index (χ1n) is 9.26. The third kappa shape index (κ3) is 3.70. The van der Waals surface area contributed by atoms with Gasteiger partial charge in [0.15, 0.2) is 0 Å². The highest BCUT2D eigenvalue weighted by Gasteiger charge is 2.40. The number of carbonyl (C=O) groups excluding carboxylic acids is 1. The molecule has 2 saturated heterocycles. The van der Waals surface area contributed by atoms with Crippen molar-refractivity contribution >= 4 is 11.9 Å². The Hall–Kier alpha value is -2.47. The van der Waals surface area contributed by atoms with Crippen LogP contribution < -0.4 is 5.32 Å². The number of piperidine rings is 1. The molecule has 0 aliphatic carbocycles. The zero-order valence-electron chi connectivity index (χ0n) is 15.1. The Labute approximate surface area is 154 Å². The summed E-state index contributed by atoms with van der Waals surface area (Å²) in [5, 5.41) is 3.25. The van der Waals surface area contributed by atoms with Crippen LogP contribution in [0, 0.1) is 5.92 Å². The van der Waals surface area contributed by atoms with E-state index in [1.165, 1.54) is 5.56 Å². The third-order valence-corrected chi connectivity index (χ3v) is 5.54. The van der Waals surface area contributed by atoms with Gasteiger partial charge in [0, 0.05) is 57.1 Å². The molecule has 4 rings (SSSR count). The predicted molar refractivity (Wildman–Crippen MR) is 100 cm³/mol. The van der Waals surface area contributed by atoms with Crippen LogP contribution in [0.5, 0.6) is 0 Å². The molecule has 2 atom stereocenters. The lowest BCUT2D eigenvalue weighted by atomic mass is 9.92. The fourth-order valence-electron chi connectivity index (χ4n) is 3.98. The van der Waals surface area contributed by atoms with Gasteiger partial charge < -0.3 is 10.2 Å². The Bertz CT molecular complexity index is 749. The van der Waals surface area contributed by atoms with Crippen molar-refractivity contribution in [3.8, 4) is 0 Å². The number of aromatic nitrogens is 2. The van der Waals surface area contributed by atoms with Gasteiger partial charge in [0.2, 0.25) is 11.9 Å². The summed E-state index contributed by atoms with van der Waals surface area (Å²) in [6.45, 7) is 3.54. The molecule has 6 heteroatoms. The molecule has 0 unspecified atom stereocenters. The molecule has 2 aliphatic rings. The lowest BCUT2D eigenvalue weighted by Crippen LogP contribution is -2.47. The second kappa shape index (κ2) is 7.41. The van der Waals surface area contributed by atoms with Crippen molar-refractivity contribution in [3.63, 3.8) is 0 Å². The number of rotatable bonds is 5. The summed E-state index contributed by atoms with van der Waals surface area (Å²) in [5.74, 6) is 1.47. The van der Waals surface area contributed by atoms with Gasteiger partial charge in [-0.2, -0.15) is 0 Å². The maximum atomic E-state index is 11.9. The fraction of sp³-hybridized carbons (Fsp3) is 0.450. The van der Waals surface area contributed by atoms with Crippen LogP contribution in [0.4, 0.5) is 5.95 Å². The summed E-state index contributed by atoms with van der Waals surface area (Å²) in [7, 11) is 1.94. The summed E-state index contributed by atoms with van der Waals surface area (Å²) in [5.41, 5.74) is 2.32. The van der Waals surface area contributed by atoms with Gasteiger partial charge in [-0.3, -0.25) is 9.69 Å². The number of hydrogen-bond donors (Lipinski definition) is 1. The monoisotopic (exact) mass is 351 g/mol. The largest absolute Gasteiger partial charge is 0.350 e. The van der Waals surface area contributed by atoms with Crippen LogP contribution in [-0.4, -0.2) is 51.9 Å². The van der Waals surface area contributed by atoms with Gasteiger partial charge in [-0.05, 0) is 24.4 Å². The summed E-state index contributed by atoms with van der Waals surface area (Å²) < 4.78 is 0. The molecule has 26 heavy (non-hydrogen) atoms. The van der Waals surface area contributed by atoms with Crippen LogP contribution in [0.15, 0.2) is 42.7 Å². The number of nitrogens with one attached hydrogen (secondary N) is 1. The van der Waals surface area contributed by atoms with E-state index >= 15 is 0 Å². The number of benzene rings is 1. The van der Waals surface area contributed by atoms with Gasteiger partial charge in [0.05, 0.1) is 0 Å². The molecule has 0 bridgehead atoms. The van der Waals surface area contributed by atoms with Gasteiger partial charge in [-0.1, -0.05) is 30.3 Å². The SMILES string of the molecule is CN1C(=O)C[C@H]2CCN(Cc3cnc(NCc4ccccc4)nc3)C[C@H]21. The van der Waals surface area contributed by atoms with Crippen LogP contribution in [0.25, 0.3) is 0 Å². The Kier molecular flexibility index (Phi) is 4.84. The molecule has 0 spiro atoms. The van der Waals surface area contributed by atoms with E-state index in [1.54, 1.807) is 0 Å². The predicted octanol–water partition coefficient (Wildman–Crippen LogP) is 2.14. The molecule has 1 N–H and O–H groups in total. The van der Waals surface area contributed by atoms with Gasteiger partial charge in [-0.15, -0.1) is 0 Å². The minimum absolute atomic E-state index is 0.291. The molecule has 2 fully saturated rings. The van der Waals surface area contributed by atoms with Crippen molar-refractivity contribution in [2.45, 2.75) is 32.0 Å². The number of fused-ring (bicyclic) bond motifs is 1. The van der Waals surface area contributed by atoms with E-state index in [2.05, 4.69) is 32.3 Å². The van der Waals surface area contributed by atoms with E-state index in [9.17, 15) is 4.79 Å². The van der Waals surface area contributed by atoms with E-state index < -0.39 is 0 Å². The number of hydrogen-bond acceptors (Lipinski definition) is 5. The number of carbonyl (C=O) groups is 1. The van der Waals surface area contributed by atoms with E-state index in [-0.39, 0.29) is 0 Å². The number of likely N-dealkylation sites (N-methyl/N-ethyl adjacent to an activating group) is 1. The summed E-state index contributed by atoms with van der Waals surface area (Å²) in [6.07, 6.45) is 5.62. The molecule has 2 aromatic rings. The zero-order chi connectivity index (χ0) is 17.9. The second-order valence-electron chi connectivity index (χ2n) is 7.31. The number of likely N-dealkylation sites (tertiary alicyclic amines) is 2. The maximum absolute atomic E-state index is 11.9. The quantitative estimate of drug-likeness (QED) is 0.894. The number of nitrogens with zero attached hydrogens (tertiary/aromatic N) is 4. The zero-order valence-corrected chi connectivity index (χ0v) is 15.1. The van der Waals surface area contributed by atoms with Crippen molar-refractivity contribution in [2.24, 2.45) is 5.92 Å². The highest BCUT2D eigenvalue weighted by Crippen LogP contribution is 2.31. The standard InChI is InChI=1S/C20H25N5O/c1-24-18-14-25(8-7-17(18)9-19(24)26)13-16-11-22-20(23-12-16)21-10-15-5-3-2-4-6-15/h2-6,11-12,17-18H,7-10,13-14H2,1H3,(H,21,22,23)/t17-,18-/m1/s1. The molecule has 0 saturated carbocycles. The minimum atomic E-state index is 0.291. The van der Waals surface area contributed by atoms with Crippen molar-refractivity contribution < 1.29 is 4.79 Å². The second-order valence-corrected chi connectivity index (χ2v) is 7.31. The van der Waals surface area contributed by atoms with Crippen LogP contribution in [0.3, 0.4) is 0 Å². The van der Waals surface area contributed by atoms with E-state index in [4.69, 9.17) is 0 Å². The van der Waals surface area contributed by atoms with Gasteiger partial charge >= 0.3 is 0 Å². The number of anilines is 1. The molecule has 2 aliphatic heterocycles. The minimum Gasteiger partial charge on any atom is -0.350 e. The van der Waals surface area contributed by atoms with Gasteiger partial charge in [-0.25, -0.2) is 9.97 Å². The first kappa shape index (κ1) is 17.0. The Morgan fingerprint density at radius 1 is 1.15 bits per heavy atom. The highest BCUT2D eigenvalue weighted by atomic mass is 16.2. The van der Waals surface area contributed by atoms with Crippen LogP contribution in [0.2, 0.25) is 0 Å². The molecule has 1 aromatic heterocycles. The first-order chi connectivity index (χ1) is 12.7. The van der Waals surface area contributed by atoms with Crippen LogP contribution >= 0.6 is 0 Å². The van der Waals surface area contributed by atoms with Crippen LogP contribution in [0.1, 0.15) is 24.0 Å². The third-order valence-electron chi connectivity index (χ3n) is 5.54. The molecule has 136 valence electrons. The van der Waals surface area contributed by atoms with E-state index in [0.29, 0.717) is 23.8 Å². The maximum Gasteiger partial charge on any atom is 0.222 e. The van der Waals surface area contributed by atoms with Crippen LogP contribution in [-0.2, 0) is 17.9 Å². The van der Waals surface area contributed by atoms with E-state index in [0.717, 1.165) is 44.6 Å². The van der Waals surface area contributed by atoms with Crippen molar-refractivity contribution in [1.29, 1.82) is 0 Å². The topological polar surface area (TPSA) is 61.4 Å². The smallest absolute Gasteiger partial charge is 0.222 e. The molecular formula is C20H25N5O. The lowest BCUT2D eigenvalue weighted by molar-refractivity contribution is -0.127. The average molecular weight is 351 g/mol. The Morgan fingerprint density at radius 2 is 1.92 bits per heavy atom. The van der Waals surface area contributed by atoms with E-state index in [1.807, 2.05) is 42.5 Å². The first-order valence-corrected chi connectivity index (χ1v) is 9.26. The molecule has 1 aromatic carbocycles. The molecule has 0 radical (unpaired) electrons. The van der Waals surface area contributed by atoms with Gasteiger partial charge in [0.1, 0.15) is 0 Å². The Morgan fingerprint density at radius 3 is 2.69 bits per heavy atom. The van der Waals surface area contributed by atoms with Crippen molar-refractivity contribution in [3.05, 3.63) is 53.9 Å². The molecular weight excluding hydrogens is 326 g/mol. The summed E-state index contributed by atoms with van der Waals surface area (Å²) >= 11 is 0.